The van der Waals surface area contributed by atoms with Gasteiger partial charge in [-0.15, -0.1) is 11.8 Å². The zero-order chi connectivity index (χ0) is 10.7. The van der Waals surface area contributed by atoms with Gasteiger partial charge in [-0.3, -0.25) is 4.99 Å². The molecule has 1 aromatic carbocycles. The maximum absolute atomic E-state index is 11.6. The molecule has 1 unspecified atom stereocenters. The number of hydrogen-bond donors (Lipinski definition) is 0. The van der Waals surface area contributed by atoms with Crippen LogP contribution in [0.2, 0.25) is 0 Å². The van der Waals surface area contributed by atoms with Crippen LogP contribution in [0.1, 0.15) is 21.3 Å². The van der Waals surface area contributed by atoms with Crippen molar-refractivity contribution in [2.24, 2.45) is 4.99 Å². The molecule has 1 heterocycles. The molecule has 1 aliphatic heterocycles. The first-order chi connectivity index (χ1) is 7.31. The van der Waals surface area contributed by atoms with E-state index in [2.05, 4.69) is 9.93 Å². The number of carbonyl (C=O) groups is 1. The number of hydrogen-bond acceptors (Lipinski definition) is 4. The molecular weight excluding hydrogens is 217 g/mol. The van der Waals surface area contributed by atoms with Crippen molar-refractivity contribution < 1.29 is 14.3 Å². The predicted octanol–water partition coefficient (Wildman–Crippen LogP) is 2.54. The second-order valence-corrected chi connectivity index (χ2v) is 4.12. The molecule has 1 aliphatic rings. The maximum Gasteiger partial charge on any atom is 0.379 e. The molecule has 3 nitrogen and oxygen atoms in total. The van der Waals surface area contributed by atoms with Gasteiger partial charge >= 0.3 is 5.97 Å². The summed E-state index contributed by atoms with van der Waals surface area (Å²) in [6, 6.07) is 6.58. The van der Waals surface area contributed by atoms with Crippen LogP contribution in [-0.2, 0) is 4.94 Å². The Morgan fingerprint density at radius 3 is 2.73 bits per heavy atom. The Kier molecular flexibility index (Phi) is 3.01. The number of halogens is 1. The van der Waals surface area contributed by atoms with Crippen molar-refractivity contribution in [2.75, 3.05) is 5.75 Å². The largest absolute Gasteiger partial charge is 0.379 e. The molecule has 0 fully saturated rings. The normalized spacial score (nSPS) is 19.1. The van der Waals surface area contributed by atoms with Crippen LogP contribution < -0.4 is 0 Å². The molecule has 0 aliphatic carbocycles. The zero-order valence-electron chi connectivity index (χ0n) is 7.72. The Bertz CT molecular complexity index is 391. The topological polar surface area (TPSA) is 38.7 Å². The van der Waals surface area contributed by atoms with Crippen molar-refractivity contribution >= 4 is 23.9 Å². The third kappa shape index (κ3) is 2.18. The van der Waals surface area contributed by atoms with Crippen molar-refractivity contribution in [1.29, 1.82) is 0 Å². The van der Waals surface area contributed by atoms with Crippen LogP contribution in [0.4, 0.5) is 4.53 Å². The molecule has 0 radical (unpaired) electrons. The van der Waals surface area contributed by atoms with E-state index in [1.807, 2.05) is 6.21 Å². The van der Waals surface area contributed by atoms with Gasteiger partial charge in [0.05, 0.1) is 5.56 Å². The Morgan fingerprint density at radius 1 is 1.47 bits per heavy atom. The van der Waals surface area contributed by atoms with E-state index in [1.165, 1.54) is 12.1 Å². The SMILES string of the molecule is O=C(OF)c1ccc(C2N=CCS2)cc1. The molecule has 5 heteroatoms. The Hall–Kier alpha value is -1.36. The van der Waals surface area contributed by atoms with Gasteiger partial charge in [0, 0.05) is 16.5 Å². The summed E-state index contributed by atoms with van der Waals surface area (Å²) in [5.41, 5.74) is 1.21. The summed E-state index contributed by atoms with van der Waals surface area (Å²) in [4.78, 5) is 18.2. The Labute approximate surface area is 90.2 Å². The number of aliphatic imine (C=N–C) groups is 1. The summed E-state index contributed by atoms with van der Waals surface area (Å²) in [6.07, 6.45) is 1.86. The maximum atomic E-state index is 11.6. The molecule has 0 saturated carbocycles. The first kappa shape index (κ1) is 10.2. The van der Waals surface area contributed by atoms with Crippen LogP contribution in [-0.4, -0.2) is 17.9 Å². The summed E-state index contributed by atoms with van der Waals surface area (Å²) >= 11 is 1.70. The average Bonchev–Trinajstić information content (AvgIpc) is 2.82. The zero-order valence-corrected chi connectivity index (χ0v) is 8.54. The number of carbonyl (C=O) groups excluding carboxylic acids is 1. The lowest BCUT2D eigenvalue weighted by Crippen LogP contribution is -1.98. The van der Waals surface area contributed by atoms with E-state index in [0.29, 0.717) is 0 Å². The van der Waals surface area contributed by atoms with Crippen molar-refractivity contribution in [3.05, 3.63) is 35.4 Å². The van der Waals surface area contributed by atoms with Gasteiger partial charge in [0.2, 0.25) is 0 Å². The van der Waals surface area contributed by atoms with Crippen molar-refractivity contribution in [1.82, 2.24) is 0 Å². The Morgan fingerprint density at radius 2 is 2.20 bits per heavy atom. The van der Waals surface area contributed by atoms with Gasteiger partial charge < -0.3 is 0 Å². The molecule has 1 atom stereocenters. The van der Waals surface area contributed by atoms with Gasteiger partial charge in [-0.2, -0.15) is 0 Å². The lowest BCUT2D eigenvalue weighted by atomic mass is 10.1. The average molecular weight is 225 g/mol. The minimum absolute atomic E-state index is 0.0976. The van der Waals surface area contributed by atoms with Crippen LogP contribution in [0.3, 0.4) is 0 Å². The van der Waals surface area contributed by atoms with Gasteiger partial charge in [0.25, 0.3) is 0 Å². The summed E-state index contributed by atoms with van der Waals surface area (Å²) < 4.78 is 11.6. The molecule has 1 aromatic rings. The van der Waals surface area contributed by atoms with Crippen LogP contribution in [0.15, 0.2) is 29.3 Å². The Balaban J connectivity index is 2.16. The fourth-order valence-corrected chi connectivity index (χ4v) is 2.20. The number of thioether (sulfide) groups is 1. The lowest BCUT2D eigenvalue weighted by molar-refractivity contribution is -0.0788. The first-order valence-corrected chi connectivity index (χ1v) is 5.42. The van der Waals surface area contributed by atoms with Gasteiger partial charge in [0.1, 0.15) is 5.37 Å². The van der Waals surface area contributed by atoms with E-state index in [0.717, 1.165) is 11.3 Å². The molecule has 0 aromatic heterocycles. The monoisotopic (exact) mass is 225 g/mol. The summed E-state index contributed by atoms with van der Waals surface area (Å²) in [5.74, 6) is -0.0667. The fourth-order valence-electron chi connectivity index (χ4n) is 1.33. The molecule has 0 bridgehead atoms. The lowest BCUT2D eigenvalue weighted by Gasteiger charge is -2.06. The number of rotatable bonds is 2. The van der Waals surface area contributed by atoms with E-state index in [1.54, 1.807) is 23.9 Å². The highest BCUT2D eigenvalue weighted by Crippen LogP contribution is 2.33. The second kappa shape index (κ2) is 4.44. The van der Waals surface area contributed by atoms with E-state index in [9.17, 15) is 9.32 Å². The van der Waals surface area contributed by atoms with Crippen molar-refractivity contribution in [3.8, 4) is 0 Å². The highest BCUT2D eigenvalue weighted by Gasteiger charge is 2.14. The highest BCUT2D eigenvalue weighted by molar-refractivity contribution is 8.00. The van der Waals surface area contributed by atoms with Crippen LogP contribution >= 0.6 is 11.8 Å². The number of benzene rings is 1. The van der Waals surface area contributed by atoms with Crippen molar-refractivity contribution in [2.45, 2.75) is 5.37 Å². The van der Waals surface area contributed by atoms with Crippen LogP contribution in [0.5, 0.6) is 0 Å². The standard InChI is InChI=1S/C10H8FNO2S/c11-14-10(13)8-3-1-7(2-4-8)9-12-5-6-15-9/h1-5,9H,6H2. The van der Waals surface area contributed by atoms with Gasteiger partial charge in [0.15, 0.2) is 0 Å². The first-order valence-electron chi connectivity index (χ1n) is 4.37. The molecule has 2 rings (SSSR count). The highest BCUT2D eigenvalue weighted by atomic mass is 32.2. The minimum atomic E-state index is -0.968. The molecule has 0 N–H and O–H groups in total. The number of nitrogens with zero attached hydrogens (tertiary/aromatic N) is 1. The molecule has 15 heavy (non-hydrogen) atoms. The molecule has 0 amide bonds. The third-order valence-electron chi connectivity index (χ3n) is 2.07. The van der Waals surface area contributed by atoms with Gasteiger partial charge in [-0.1, -0.05) is 12.1 Å². The van der Waals surface area contributed by atoms with Crippen molar-refractivity contribution in [3.63, 3.8) is 0 Å². The predicted molar refractivity (Wildman–Crippen MR) is 56.7 cm³/mol. The van der Waals surface area contributed by atoms with E-state index in [-0.39, 0.29) is 10.9 Å². The quantitative estimate of drug-likeness (QED) is 0.776. The smallest absolute Gasteiger partial charge is 0.278 e. The molecular formula is C10H8FNO2S. The van der Waals surface area contributed by atoms with E-state index in [4.69, 9.17) is 0 Å². The molecule has 78 valence electrons. The third-order valence-corrected chi connectivity index (χ3v) is 3.12. The fraction of sp³-hybridized carbons (Fsp3) is 0.200. The van der Waals surface area contributed by atoms with Crippen LogP contribution in [0.25, 0.3) is 0 Å². The summed E-state index contributed by atoms with van der Waals surface area (Å²) in [6.45, 7) is 0. The van der Waals surface area contributed by atoms with E-state index < -0.39 is 5.97 Å². The van der Waals surface area contributed by atoms with Gasteiger partial charge in [-0.05, 0) is 17.7 Å². The summed E-state index contributed by atoms with van der Waals surface area (Å²) in [7, 11) is 0. The second-order valence-electron chi connectivity index (χ2n) is 3.00. The molecule has 0 spiro atoms. The minimum Gasteiger partial charge on any atom is -0.278 e. The molecule has 0 saturated heterocycles. The van der Waals surface area contributed by atoms with Crippen LogP contribution in [0, 0.1) is 0 Å². The van der Waals surface area contributed by atoms with Gasteiger partial charge in [-0.25, -0.2) is 9.74 Å². The summed E-state index contributed by atoms with van der Waals surface area (Å²) in [5, 5.41) is 0.0976. The van der Waals surface area contributed by atoms with E-state index >= 15 is 0 Å².